The van der Waals surface area contributed by atoms with Crippen LogP contribution in [0.1, 0.15) is 34.9 Å². The molecule has 5 nitrogen and oxygen atoms in total. The Morgan fingerprint density at radius 2 is 2.13 bits per heavy atom. The van der Waals surface area contributed by atoms with Gasteiger partial charge in [-0.05, 0) is 36.6 Å². The maximum Gasteiger partial charge on any atom is 0.274 e. The molecule has 0 aliphatic carbocycles. The molecule has 1 aromatic heterocycles. The Balaban J connectivity index is 1.75. The summed E-state index contributed by atoms with van der Waals surface area (Å²) >= 11 is 5.95. The number of amides is 1. The minimum absolute atomic E-state index is 0.0152. The van der Waals surface area contributed by atoms with Crippen LogP contribution in [0.4, 0.5) is 0 Å². The van der Waals surface area contributed by atoms with Crippen molar-refractivity contribution in [3.8, 4) is 0 Å². The molecule has 1 aromatic carbocycles. The molecule has 3 rings (SSSR count). The molecule has 6 heteroatoms. The van der Waals surface area contributed by atoms with Gasteiger partial charge in [0, 0.05) is 24.9 Å². The predicted octanol–water partition coefficient (Wildman–Crippen LogP) is 3.16. The number of halogens is 1. The molecule has 122 valence electrons. The van der Waals surface area contributed by atoms with Crippen LogP contribution >= 0.6 is 11.6 Å². The molecule has 0 N–H and O–H groups in total. The monoisotopic (exact) mass is 333 g/mol. The van der Waals surface area contributed by atoms with E-state index in [0.29, 0.717) is 23.9 Å². The van der Waals surface area contributed by atoms with Gasteiger partial charge in [-0.2, -0.15) is 5.10 Å². The molecule has 0 spiro atoms. The number of carbonyl (C=O) groups is 1. The molecule has 1 atom stereocenters. The van der Waals surface area contributed by atoms with Crippen molar-refractivity contribution in [1.82, 2.24) is 14.7 Å². The lowest BCUT2D eigenvalue weighted by atomic mass is 10.0. The fourth-order valence-electron chi connectivity index (χ4n) is 2.97. The Labute approximate surface area is 140 Å². The van der Waals surface area contributed by atoms with Gasteiger partial charge in [0.1, 0.15) is 5.69 Å². The van der Waals surface area contributed by atoms with E-state index >= 15 is 0 Å². The molecule has 2 heterocycles. The molecule has 2 aromatic rings. The standard InChI is InChI=1S/C17H20ClN3O2/c1-23-12-11-20-10-8-15(19-20)17(22)21-9-2-3-16(21)13-4-6-14(18)7-5-13/h4-8,10,16H,2-3,9,11-12H2,1H3/t16-/m1/s1. The van der Waals surface area contributed by atoms with E-state index in [9.17, 15) is 4.79 Å². The van der Waals surface area contributed by atoms with Crippen molar-refractivity contribution in [2.45, 2.75) is 25.4 Å². The zero-order valence-electron chi connectivity index (χ0n) is 13.1. The van der Waals surface area contributed by atoms with Crippen molar-refractivity contribution < 1.29 is 9.53 Å². The summed E-state index contributed by atoms with van der Waals surface area (Å²) in [6.07, 6.45) is 3.79. The number of hydrogen-bond donors (Lipinski definition) is 0. The highest BCUT2D eigenvalue weighted by molar-refractivity contribution is 6.30. The zero-order chi connectivity index (χ0) is 16.2. The second kappa shape index (κ2) is 7.15. The van der Waals surface area contributed by atoms with Gasteiger partial charge >= 0.3 is 0 Å². The molecule has 1 aliphatic rings. The zero-order valence-corrected chi connectivity index (χ0v) is 13.9. The molecular formula is C17H20ClN3O2. The van der Waals surface area contributed by atoms with Crippen molar-refractivity contribution in [3.05, 3.63) is 52.8 Å². The van der Waals surface area contributed by atoms with Gasteiger partial charge < -0.3 is 9.64 Å². The number of nitrogens with zero attached hydrogens (tertiary/aromatic N) is 3. The van der Waals surface area contributed by atoms with Crippen molar-refractivity contribution in [2.75, 3.05) is 20.3 Å². The first-order valence-corrected chi connectivity index (χ1v) is 8.15. The van der Waals surface area contributed by atoms with E-state index in [0.717, 1.165) is 24.9 Å². The number of likely N-dealkylation sites (tertiary alicyclic amines) is 1. The van der Waals surface area contributed by atoms with Crippen LogP contribution in [0.25, 0.3) is 0 Å². The lowest BCUT2D eigenvalue weighted by molar-refractivity contribution is 0.0728. The van der Waals surface area contributed by atoms with Crippen LogP contribution in [0.2, 0.25) is 5.02 Å². The Kier molecular flexibility index (Phi) is 4.98. The van der Waals surface area contributed by atoms with Crippen LogP contribution in [0, 0.1) is 0 Å². The molecule has 23 heavy (non-hydrogen) atoms. The van der Waals surface area contributed by atoms with Gasteiger partial charge in [-0.25, -0.2) is 0 Å². The van der Waals surface area contributed by atoms with E-state index in [2.05, 4.69) is 5.10 Å². The van der Waals surface area contributed by atoms with Gasteiger partial charge in [-0.15, -0.1) is 0 Å². The fraction of sp³-hybridized carbons (Fsp3) is 0.412. The van der Waals surface area contributed by atoms with Crippen LogP contribution < -0.4 is 0 Å². The summed E-state index contributed by atoms with van der Waals surface area (Å²) in [5, 5.41) is 5.07. The highest BCUT2D eigenvalue weighted by atomic mass is 35.5. The third kappa shape index (κ3) is 3.57. The third-order valence-electron chi connectivity index (χ3n) is 4.15. The lowest BCUT2D eigenvalue weighted by Gasteiger charge is -2.24. The second-order valence-corrected chi connectivity index (χ2v) is 6.10. The summed E-state index contributed by atoms with van der Waals surface area (Å²) in [6.45, 7) is 1.98. The largest absolute Gasteiger partial charge is 0.383 e. The van der Waals surface area contributed by atoms with E-state index in [1.165, 1.54) is 0 Å². The topological polar surface area (TPSA) is 47.4 Å². The Bertz CT molecular complexity index is 669. The number of hydrogen-bond acceptors (Lipinski definition) is 3. The smallest absolute Gasteiger partial charge is 0.274 e. The quantitative estimate of drug-likeness (QED) is 0.844. The average Bonchev–Trinajstić information content (AvgIpc) is 3.22. The Hall–Kier alpha value is -1.85. The number of carbonyl (C=O) groups excluding carboxylic acids is 1. The first-order chi connectivity index (χ1) is 11.2. The van der Waals surface area contributed by atoms with Crippen molar-refractivity contribution in [3.63, 3.8) is 0 Å². The molecule has 1 amide bonds. The lowest BCUT2D eigenvalue weighted by Crippen LogP contribution is -2.31. The number of rotatable bonds is 5. The van der Waals surface area contributed by atoms with Gasteiger partial charge in [-0.1, -0.05) is 23.7 Å². The highest BCUT2D eigenvalue weighted by Gasteiger charge is 2.31. The van der Waals surface area contributed by atoms with Crippen LogP contribution in [0.15, 0.2) is 36.5 Å². The number of methoxy groups -OCH3 is 1. The summed E-state index contributed by atoms with van der Waals surface area (Å²) in [6, 6.07) is 9.61. The van der Waals surface area contributed by atoms with Crippen LogP contribution in [-0.2, 0) is 11.3 Å². The molecule has 0 radical (unpaired) electrons. The van der Waals surface area contributed by atoms with Gasteiger partial charge in [0.15, 0.2) is 0 Å². The van der Waals surface area contributed by atoms with Gasteiger partial charge in [-0.3, -0.25) is 9.48 Å². The molecule has 1 saturated heterocycles. The van der Waals surface area contributed by atoms with Crippen molar-refractivity contribution in [1.29, 1.82) is 0 Å². The fourth-order valence-corrected chi connectivity index (χ4v) is 3.10. The first kappa shape index (κ1) is 16.0. The second-order valence-electron chi connectivity index (χ2n) is 5.66. The first-order valence-electron chi connectivity index (χ1n) is 7.78. The highest BCUT2D eigenvalue weighted by Crippen LogP contribution is 2.33. The maximum absolute atomic E-state index is 12.8. The number of benzene rings is 1. The van der Waals surface area contributed by atoms with E-state index < -0.39 is 0 Å². The molecule has 0 unspecified atom stereocenters. The average molecular weight is 334 g/mol. The van der Waals surface area contributed by atoms with Gasteiger partial charge in [0.05, 0.1) is 19.2 Å². The number of aromatic nitrogens is 2. The number of ether oxygens (including phenoxy) is 1. The third-order valence-corrected chi connectivity index (χ3v) is 4.40. The van der Waals surface area contributed by atoms with E-state index in [1.54, 1.807) is 17.9 Å². The summed E-state index contributed by atoms with van der Waals surface area (Å²) < 4.78 is 6.77. The van der Waals surface area contributed by atoms with E-state index in [-0.39, 0.29) is 11.9 Å². The maximum atomic E-state index is 12.8. The minimum Gasteiger partial charge on any atom is -0.383 e. The molecule has 1 aliphatic heterocycles. The summed E-state index contributed by atoms with van der Waals surface area (Å²) in [5.41, 5.74) is 1.61. The van der Waals surface area contributed by atoms with Crippen molar-refractivity contribution >= 4 is 17.5 Å². The molecule has 1 fully saturated rings. The van der Waals surface area contributed by atoms with E-state index in [1.807, 2.05) is 35.4 Å². The van der Waals surface area contributed by atoms with Crippen LogP contribution in [0.5, 0.6) is 0 Å². The molecule has 0 saturated carbocycles. The SMILES string of the molecule is COCCn1ccc(C(=O)N2CCC[C@@H]2c2ccc(Cl)cc2)n1. The minimum atomic E-state index is -0.0152. The van der Waals surface area contributed by atoms with E-state index in [4.69, 9.17) is 16.3 Å². The molecular weight excluding hydrogens is 314 g/mol. The van der Waals surface area contributed by atoms with Crippen LogP contribution in [-0.4, -0.2) is 40.8 Å². The van der Waals surface area contributed by atoms with Crippen LogP contribution in [0.3, 0.4) is 0 Å². The Morgan fingerprint density at radius 1 is 1.35 bits per heavy atom. The van der Waals surface area contributed by atoms with Gasteiger partial charge in [0.25, 0.3) is 5.91 Å². The van der Waals surface area contributed by atoms with Crippen molar-refractivity contribution in [2.24, 2.45) is 0 Å². The Morgan fingerprint density at radius 3 is 2.87 bits per heavy atom. The summed E-state index contributed by atoms with van der Waals surface area (Å²) in [4.78, 5) is 14.7. The van der Waals surface area contributed by atoms with Gasteiger partial charge in [0.2, 0.25) is 0 Å². The predicted molar refractivity (Wildman–Crippen MR) is 88.6 cm³/mol. The normalized spacial score (nSPS) is 17.7. The summed E-state index contributed by atoms with van der Waals surface area (Å²) in [5.74, 6) is -0.0152. The molecule has 0 bridgehead atoms. The summed E-state index contributed by atoms with van der Waals surface area (Å²) in [7, 11) is 1.65.